The first-order chi connectivity index (χ1) is 11.0. The normalized spacial score (nSPS) is 12.3. The van der Waals surface area contributed by atoms with Crippen molar-refractivity contribution in [1.29, 1.82) is 0 Å². The van der Waals surface area contributed by atoms with Crippen molar-refractivity contribution in [1.82, 2.24) is 5.32 Å². The number of rotatable bonds is 3. The number of halogens is 3. The third-order valence-electron chi connectivity index (χ3n) is 3.51. The summed E-state index contributed by atoms with van der Waals surface area (Å²) in [5, 5.41) is 3.50. The molecule has 2 aromatic carbocycles. The summed E-state index contributed by atoms with van der Waals surface area (Å²) in [5.41, 5.74) is 1.05. The number of para-hydroxylation sites is 1. The van der Waals surface area contributed by atoms with Crippen LogP contribution in [0.2, 0.25) is 0 Å². The Balaban J connectivity index is 1.82. The van der Waals surface area contributed by atoms with Crippen molar-refractivity contribution < 1.29 is 18.0 Å². The van der Waals surface area contributed by atoms with Crippen molar-refractivity contribution in [3.05, 3.63) is 69.9 Å². The third kappa shape index (κ3) is 3.12. The Morgan fingerprint density at radius 1 is 1.17 bits per heavy atom. The van der Waals surface area contributed by atoms with Gasteiger partial charge in [0, 0.05) is 5.39 Å². The lowest BCUT2D eigenvalue weighted by molar-refractivity contribution is 0.0914. The van der Waals surface area contributed by atoms with E-state index in [4.69, 9.17) is 4.42 Å². The van der Waals surface area contributed by atoms with Gasteiger partial charge in [-0.15, -0.1) is 0 Å². The Labute approximate surface area is 139 Å². The fourth-order valence-corrected chi connectivity index (χ4v) is 2.73. The molecule has 1 heterocycles. The van der Waals surface area contributed by atoms with Crippen LogP contribution in [0.1, 0.15) is 29.1 Å². The highest BCUT2D eigenvalue weighted by Gasteiger charge is 2.17. The molecule has 0 aliphatic carbocycles. The van der Waals surface area contributed by atoms with Gasteiger partial charge in [-0.05, 0) is 52.7 Å². The minimum absolute atomic E-state index is 0.154. The molecule has 1 N–H and O–H groups in total. The summed E-state index contributed by atoms with van der Waals surface area (Å²) in [7, 11) is 0. The molecule has 118 valence electrons. The van der Waals surface area contributed by atoms with Gasteiger partial charge in [-0.1, -0.05) is 18.2 Å². The van der Waals surface area contributed by atoms with Crippen molar-refractivity contribution in [3.63, 3.8) is 0 Å². The molecular formula is C17H12BrF2NO2. The molecule has 6 heteroatoms. The maximum atomic E-state index is 13.3. The van der Waals surface area contributed by atoms with Crippen LogP contribution < -0.4 is 5.32 Å². The third-order valence-corrected chi connectivity index (χ3v) is 4.14. The van der Waals surface area contributed by atoms with E-state index in [0.29, 0.717) is 11.1 Å². The minimum Gasteiger partial charge on any atom is -0.450 e. The molecule has 0 aliphatic heterocycles. The largest absolute Gasteiger partial charge is 0.450 e. The molecule has 0 aliphatic rings. The first-order valence-corrected chi connectivity index (χ1v) is 7.69. The molecule has 23 heavy (non-hydrogen) atoms. The molecule has 1 aromatic heterocycles. The lowest BCUT2D eigenvalue weighted by Gasteiger charge is -2.13. The number of hydrogen-bond acceptors (Lipinski definition) is 2. The molecule has 1 unspecified atom stereocenters. The van der Waals surface area contributed by atoms with Crippen LogP contribution in [0.4, 0.5) is 8.78 Å². The second kappa shape index (κ2) is 6.12. The fraction of sp³-hybridized carbons (Fsp3) is 0.118. The summed E-state index contributed by atoms with van der Waals surface area (Å²) in [5.74, 6) is -2.14. The molecule has 0 saturated carbocycles. The average molecular weight is 380 g/mol. The Kier molecular flexibility index (Phi) is 4.17. The molecule has 0 saturated heterocycles. The minimum atomic E-state index is -0.948. The van der Waals surface area contributed by atoms with Crippen molar-refractivity contribution in [2.75, 3.05) is 0 Å². The standard InChI is InChI=1S/C17H12BrF2NO2/c1-9(10-5-6-13(19)14(20)7-10)21-17(22)15-8-11-3-2-4-12(18)16(11)23-15/h2-9H,1H3,(H,21,22). The molecule has 1 amide bonds. The molecule has 0 fully saturated rings. The van der Waals surface area contributed by atoms with Crippen molar-refractivity contribution >= 4 is 32.8 Å². The Morgan fingerprint density at radius 2 is 1.96 bits per heavy atom. The summed E-state index contributed by atoms with van der Waals surface area (Å²) < 4.78 is 32.5. The molecule has 0 spiro atoms. The summed E-state index contributed by atoms with van der Waals surface area (Å²) in [6.45, 7) is 1.68. The van der Waals surface area contributed by atoms with Gasteiger partial charge in [0.1, 0.15) is 5.58 Å². The zero-order valence-corrected chi connectivity index (χ0v) is 13.7. The fourth-order valence-electron chi connectivity index (χ4n) is 2.27. The number of nitrogens with one attached hydrogen (secondary N) is 1. The second-order valence-electron chi connectivity index (χ2n) is 5.14. The molecule has 0 bridgehead atoms. The van der Waals surface area contributed by atoms with Crippen LogP contribution >= 0.6 is 15.9 Å². The highest BCUT2D eigenvalue weighted by molar-refractivity contribution is 9.10. The number of carbonyl (C=O) groups is 1. The van der Waals surface area contributed by atoms with E-state index in [2.05, 4.69) is 21.2 Å². The Bertz CT molecular complexity index is 891. The van der Waals surface area contributed by atoms with Crippen LogP contribution in [-0.4, -0.2) is 5.91 Å². The molecule has 0 radical (unpaired) electrons. The van der Waals surface area contributed by atoms with Gasteiger partial charge in [-0.2, -0.15) is 0 Å². The summed E-state index contributed by atoms with van der Waals surface area (Å²) in [4.78, 5) is 12.3. The van der Waals surface area contributed by atoms with Gasteiger partial charge in [0.15, 0.2) is 17.4 Å². The first-order valence-electron chi connectivity index (χ1n) is 6.89. The van der Waals surface area contributed by atoms with Crippen LogP contribution in [0, 0.1) is 11.6 Å². The summed E-state index contributed by atoms with van der Waals surface area (Å²) in [6, 6.07) is 10.2. The molecule has 1 atom stereocenters. The highest BCUT2D eigenvalue weighted by atomic mass is 79.9. The number of furan rings is 1. The highest BCUT2D eigenvalue weighted by Crippen LogP contribution is 2.27. The summed E-state index contributed by atoms with van der Waals surface area (Å²) >= 11 is 3.36. The van der Waals surface area contributed by atoms with E-state index in [1.807, 2.05) is 18.2 Å². The predicted molar refractivity (Wildman–Crippen MR) is 86.2 cm³/mol. The van der Waals surface area contributed by atoms with E-state index < -0.39 is 23.6 Å². The topological polar surface area (TPSA) is 42.2 Å². The number of carbonyl (C=O) groups excluding carboxylic acids is 1. The average Bonchev–Trinajstić information content (AvgIpc) is 2.95. The summed E-state index contributed by atoms with van der Waals surface area (Å²) in [6.07, 6.45) is 0. The van der Waals surface area contributed by atoms with Crippen LogP contribution in [0.15, 0.2) is 51.4 Å². The van der Waals surface area contributed by atoms with E-state index in [1.165, 1.54) is 6.07 Å². The maximum Gasteiger partial charge on any atom is 0.287 e. The second-order valence-corrected chi connectivity index (χ2v) is 5.99. The van der Waals surface area contributed by atoms with Gasteiger partial charge in [0.25, 0.3) is 5.91 Å². The van der Waals surface area contributed by atoms with Crippen molar-refractivity contribution in [2.45, 2.75) is 13.0 Å². The van der Waals surface area contributed by atoms with Gasteiger partial charge >= 0.3 is 0 Å². The van der Waals surface area contributed by atoms with E-state index in [-0.39, 0.29) is 5.76 Å². The molecule has 3 nitrogen and oxygen atoms in total. The Morgan fingerprint density at radius 3 is 2.65 bits per heavy atom. The maximum absolute atomic E-state index is 13.3. The van der Waals surface area contributed by atoms with E-state index in [0.717, 1.165) is 22.0 Å². The van der Waals surface area contributed by atoms with Crippen LogP contribution in [0.25, 0.3) is 11.0 Å². The van der Waals surface area contributed by atoms with Gasteiger partial charge in [0.05, 0.1) is 10.5 Å². The van der Waals surface area contributed by atoms with Crippen molar-refractivity contribution in [3.8, 4) is 0 Å². The van der Waals surface area contributed by atoms with E-state index >= 15 is 0 Å². The van der Waals surface area contributed by atoms with Gasteiger partial charge in [-0.3, -0.25) is 4.79 Å². The molecule has 3 rings (SSSR count). The number of hydrogen-bond donors (Lipinski definition) is 1. The quantitative estimate of drug-likeness (QED) is 0.698. The van der Waals surface area contributed by atoms with Crippen LogP contribution in [0.5, 0.6) is 0 Å². The van der Waals surface area contributed by atoms with Gasteiger partial charge in [-0.25, -0.2) is 8.78 Å². The number of fused-ring (bicyclic) bond motifs is 1. The van der Waals surface area contributed by atoms with Crippen molar-refractivity contribution in [2.24, 2.45) is 0 Å². The van der Waals surface area contributed by atoms with Crippen LogP contribution in [0.3, 0.4) is 0 Å². The van der Waals surface area contributed by atoms with Crippen LogP contribution in [-0.2, 0) is 0 Å². The zero-order chi connectivity index (χ0) is 16.6. The smallest absolute Gasteiger partial charge is 0.287 e. The number of benzene rings is 2. The first kappa shape index (κ1) is 15.7. The number of amides is 1. The molecule has 3 aromatic rings. The Hall–Kier alpha value is -2.21. The zero-order valence-electron chi connectivity index (χ0n) is 12.1. The SMILES string of the molecule is CC(NC(=O)c1cc2cccc(Br)c2o1)c1ccc(F)c(F)c1. The predicted octanol–water partition coefficient (Wildman–Crippen LogP) is 4.96. The lowest BCUT2D eigenvalue weighted by Crippen LogP contribution is -2.26. The van der Waals surface area contributed by atoms with E-state index in [9.17, 15) is 13.6 Å². The monoisotopic (exact) mass is 379 g/mol. The van der Waals surface area contributed by atoms with Gasteiger partial charge < -0.3 is 9.73 Å². The van der Waals surface area contributed by atoms with Gasteiger partial charge in [0.2, 0.25) is 0 Å². The lowest BCUT2D eigenvalue weighted by atomic mass is 10.1. The molecular weight excluding hydrogens is 368 g/mol. The van der Waals surface area contributed by atoms with E-state index in [1.54, 1.807) is 13.0 Å².